The number of allylic oxidation sites excluding steroid dienone is 2. The summed E-state index contributed by atoms with van der Waals surface area (Å²) in [4.78, 5) is 28.8. The average molecular weight is 514 g/mol. The Bertz CT molecular complexity index is 1130. The van der Waals surface area contributed by atoms with Gasteiger partial charge in [0, 0.05) is 10.8 Å². The number of nitrogens with zero attached hydrogens (tertiary/aromatic N) is 1. The van der Waals surface area contributed by atoms with Gasteiger partial charge in [-0.25, -0.2) is 0 Å². The standard InChI is InChI=1S/C28H35NO6S/c1-3-5-18(13-19-8-9-20(15-30)35-19)7-10-24(32)25-17(2)12-22-26(23(25)16-31)28(34)29(27(22)33)14-21-6-4-11-36-21/h4,6,8-9,11,13,22-24,26,30-32H,3,5,7,10,12,14-16H2,1-2H3/b18-13+/t22-,23+,24-,26-/m1/s1. The van der Waals surface area contributed by atoms with Crippen LogP contribution in [0.5, 0.6) is 0 Å². The molecule has 2 aromatic rings. The number of hydrogen-bond acceptors (Lipinski definition) is 7. The van der Waals surface area contributed by atoms with Gasteiger partial charge in [0.2, 0.25) is 11.8 Å². The molecule has 2 aromatic heterocycles. The van der Waals surface area contributed by atoms with Gasteiger partial charge in [-0.05, 0) is 67.8 Å². The Morgan fingerprint density at radius 1 is 1.22 bits per heavy atom. The van der Waals surface area contributed by atoms with Crippen LogP contribution >= 0.6 is 11.3 Å². The Balaban J connectivity index is 1.50. The van der Waals surface area contributed by atoms with Crippen LogP contribution in [-0.4, -0.2) is 44.7 Å². The van der Waals surface area contributed by atoms with Crippen LogP contribution in [0.1, 0.15) is 62.3 Å². The molecule has 0 aromatic carbocycles. The highest BCUT2D eigenvalue weighted by Gasteiger charge is 2.54. The highest BCUT2D eigenvalue weighted by molar-refractivity contribution is 7.09. The van der Waals surface area contributed by atoms with E-state index in [9.17, 15) is 24.9 Å². The highest BCUT2D eigenvalue weighted by Crippen LogP contribution is 2.46. The van der Waals surface area contributed by atoms with Crippen molar-refractivity contribution in [2.45, 2.75) is 65.2 Å². The molecule has 36 heavy (non-hydrogen) atoms. The fourth-order valence-electron chi connectivity index (χ4n) is 5.72. The predicted molar refractivity (Wildman–Crippen MR) is 138 cm³/mol. The molecule has 0 unspecified atom stereocenters. The first-order valence-electron chi connectivity index (χ1n) is 12.6. The maximum Gasteiger partial charge on any atom is 0.234 e. The van der Waals surface area contributed by atoms with E-state index in [1.165, 1.54) is 16.2 Å². The summed E-state index contributed by atoms with van der Waals surface area (Å²) in [5, 5.41) is 32.8. The molecule has 0 saturated carbocycles. The topological polar surface area (TPSA) is 111 Å². The molecule has 4 atom stereocenters. The first-order valence-corrected chi connectivity index (χ1v) is 13.5. The van der Waals surface area contributed by atoms with E-state index in [2.05, 4.69) is 6.92 Å². The normalized spacial score (nSPS) is 23.5. The quantitative estimate of drug-likeness (QED) is 0.305. The Morgan fingerprint density at radius 2 is 2.03 bits per heavy atom. The number of aliphatic hydroxyl groups is 3. The van der Waals surface area contributed by atoms with Crippen molar-refractivity contribution in [2.24, 2.45) is 17.8 Å². The number of aliphatic hydroxyl groups excluding tert-OH is 3. The van der Waals surface area contributed by atoms with Gasteiger partial charge in [0.15, 0.2) is 0 Å². The summed E-state index contributed by atoms with van der Waals surface area (Å²) in [6.45, 7) is 3.81. The lowest BCUT2D eigenvalue weighted by Crippen LogP contribution is -2.38. The smallest absolute Gasteiger partial charge is 0.234 e. The monoisotopic (exact) mass is 513 g/mol. The third kappa shape index (κ3) is 5.42. The first kappa shape index (κ1) is 26.5. The van der Waals surface area contributed by atoms with Crippen LogP contribution in [0.25, 0.3) is 6.08 Å². The summed E-state index contributed by atoms with van der Waals surface area (Å²) in [5.74, 6) is -0.953. The summed E-state index contributed by atoms with van der Waals surface area (Å²) in [7, 11) is 0. The van der Waals surface area contributed by atoms with Crippen LogP contribution in [0, 0.1) is 17.8 Å². The van der Waals surface area contributed by atoms with Gasteiger partial charge in [-0.1, -0.05) is 30.6 Å². The van der Waals surface area contributed by atoms with E-state index in [4.69, 9.17) is 4.42 Å². The van der Waals surface area contributed by atoms with Crippen molar-refractivity contribution in [1.82, 2.24) is 4.90 Å². The number of amides is 2. The zero-order chi connectivity index (χ0) is 25.8. The number of thiophene rings is 1. The Morgan fingerprint density at radius 3 is 2.67 bits per heavy atom. The Labute approximate surface area is 215 Å². The van der Waals surface area contributed by atoms with Gasteiger partial charge in [-0.3, -0.25) is 14.5 Å². The van der Waals surface area contributed by atoms with Crippen LogP contribution in [0.2, 0.25) is 0 Å². The zero-order valence-electron chi connectivity index (χ0n) is 20.9. The molecule has 2 aliphatic rings. The van der Waals surface area contributed by atoms with Crippen molar-refractivity contribution in [3.8, 4) is 0 Å². The molecular weight excluding hydrogens is 478 g/mol. The summed E-state index contributed by atoms with van der Waals surface area (Å²) in [6, 6.07) is 7.36. The Hall–Kier alpha value is -2.52. The van der Waals surface area contributed by atoms with Crippen LogP contribution in [0.15, 0.2) is 50.8 Å². The number of hydrogen-bond donors (Lipinski definition) is 3. The van der Waals surface area contributed by atoms with E-state index in [1.54, 1.807) is 6.07 Å². The molecule has 3 heterocycles. The van der Waals surface area contributed by atoms with E-state index in [1.807, 2.05) is 36.6 Å². The molecule has 0 radical (unpaired) electrons. The van der Waals surface area contributed by atoms with Crippen LogP contribution < -0.4 is 0 Å². The summed E-state index contributed by atoms with van der Waals surface area (Å²) >= 11 is 1.51. The lowest BCUT2D eigenvalue weighted by molar-refractivity contribution is -0.140. The second kappa shape index (κ2) is 11.7. The molecule has 1 aliphatic carbocycles. The summed E-state index contributed by atoms with van der Waals surface area (Å²) in [6.07, 6.45) is 4.43. The number of carbonyl (C=O) groups is 2. The molecular formula is C28H35NO6S. The average Bonchev–Trinajstić information content (AvgIpc) is 3.60. The maximum absolute atomic E-state index is 13.4. The minimum absolute atomic E-state index is 0.153. The lowest BCUT2D eigenvalue weighted by Gasteiger charge is -2.35. The van der Waals surface area contributed by atoms with E-state index in [0.29, 0.717) is 36.4 Å². The second-order valence-corrected chi connectivity index (χ2v) is 10.8. The molecule has 194 valence electrons. The molecule has 2 amide bonds. The number of fused-ring (bicyclic) bond motifs is 1. The number of likely N-dealkylation sites (tertiary alicyclic amines) is 1. The van der Waals surface area contributed by atoms with Gasteiger partial charge in [0.1, 0.15) is 18.1 Å². The van der Waals surface area contributed by atoms with Crippen LogP contribution in [-0.2, 0) is 22.7 Å². The minimum Gasteiger partial charge on any atom is -0.459 e. The summed E-state index contributed by atoms with van der Waals surface area (Å²) < 4.78 is 5.60. The van der Waals surface area contributed by atoms with E-state index < -0.39 is 23.9 Å². The third-order valence-electron chi connectivity index (χ3n) is 7.36. The van der Waals surface area contributed by atoms with E-state index in [-0.39, 0.29) is 31.6 Å². The zero-order valence-corrected chi connectivity index (χ0v) is 21.7. The van der Waals surface area contributed by atoms with Gasteiger partial charge in [0.25, 0.3) is 0 Å². The maximum atomic E-state index is 13.4. The number of imide groups is 1. The van der Waals surface area contributed by atoms with Crippen LogP contribution in [0.4, 0.5) is 0 Å². The van der Waals surface area contributed by atoms with Gasteiger partial charge < -0.3 is 19.7 Å². The fraction of sp³-hybridized carbons (Fsp3) is 0.500. The molecule has 1 saturated heterocycles. The Kier molecular flexibility index (Phi) is 8.62. The first-order chi connectivity index (χ1) is 17.4. The lowest BCUT2D eigenvalue weighted by atomic mass is 9.68. The molecule has 1 fully saturated rings. The number of furan rings is 1. The second-order valence-electron chi connectivity index (χ2n) is 9.77. The molecule has 7 nitrogen and oxygen atoms in total. The van der Waals surface area contributed by atoms with Crippen molar-refractivity contribution in [3.63, 3.8) is 0 Å². The van der Waals surface area contributed by atoms with Gasteiger partial charge >= 0.3 is 0 Å². The van der Waals surface area contributed by atoms with Crippen molar-refractivity contribution < 1.29 is 29.3 Å². The molecule has 1 aliphatic heterocycles. The van der Waals surface area contributed by atoms with Crippen molar-refractivity contribution in [2.75, 3.05) is 6.61 Å². The van der Waals surface area contributed by atoms with Crippen molar-refractivity contribution >= 4 is 29.2 Å². The van der Waals surface area contributed by atoms with Gasteiger partial charge in [-0.15, -0.1) is 11.3 Å². The molecule has 3 N–H and O–H groups in total. The van der Waals surface area contributed by atoms with Crippen molar-refractivity contribution in [3.05, 3.63) is 62.8 Å². The predicted octanol–water partition coefficient (Wildman–Crippen LogP) is 4.29. The van der Waals surface area contributed by atoms with E-state index in [0.717, 1.165) is 28.9 Å². The number of rotatable bonds is 11. The minimum atomic E-state index is -0.817. The fourth-order valence-corrected chi connectivity index (χ4v) is 6.42. The van der Waals surface area contributed by atoms with Crippen molar-refractivity contribution in [1.29, 1.82) is 0 Å². The molecule has 4 rings (SSSR count). The third-order valence-corrected chi connectivity index (χ3v) is 8.23. The van der Waals surface area contributed by atoms with Crippen LogP contribution in [0.3, 0.4) is 0 Å². The number of carbonyl (C=O) groups excluding carboxylic acids is 2. The molecule has 8 heteroatoms. The molecule has 0 spiro atoms. The highest BCUT2D eigenvalue weighted by atomic mass is 32.1. The van der Waals surface area contributed by atoms with E-state index >= 15 is 0 Å². The SMILES string of the molecule is CCC/C(=C\c1ccc(CO)o1)CC[C@@H](O)C1=C(C)C[C@H]2C(=O)N(Cc3cccs3)C(=O)[C@H]2[C@H]1CO. The summed E-state index contributed by atoms with van der Waals surface area (Å²) in [5.41, 5.74) is 2.72. The largest absolute Gasteiger partial charge is 0.459 e. The van der Waals surface area contributed by atoms with Gasteiger partial charge in [-0.2, -0.15) is 0 Å². The molecule has 0 bridgehead atoms. The van der Waals surface area contributed by atoms with Gasteiger partial charge in [0.05, 0.1) is 31.1 Å².